The molecule has 0 aromatic carbocycles. The van der Waals surface area contributed by atoms with E-state index in [1.54, 1.807) is 17.7 Å². The van der Waals surface area contributed by atoms with E-state index >= 15 is 0 Å². The van der Waals surface area contributed by atoms with Crippen LogP contribution >= 0.6 is 27.3 Å². The highest BCUT2D eigenvalue weighted by atomic mass is 79.9. The van der Waals surface area contributed by atoms with Gasteiger partial charge in [0, 0.05) is 16.9 Å². The molecule has 0 fully saturated rings. The molecule has 0 aliphatic heterocycles. The summed E-state index contributed by atoms with van der Waals surface area (Å²) in [5, 5.41) is 10.9. The number of aromatic nitrogens is 2. The standard InChI is InChI=1S/C9H6BrN3S/c1-13-5-12-7(3-11)9(13)8-2-6(10)4-14-8/h2,4-5H,1H3. The third-order valence-corrected chi connectivity index (χ3v) is 3.54. The summed E-state index contributed by atoms with van der Waals surface area (Å²) < 4.78 is 2.89. The lowest BCUT2D eigenvalue weighted by molar-refractivity contribution is 0.923. The Morgan fingerprint density at radius 1 is 1.64 bits per heavy atom. The van der Waals surface area contributed by atoms with E-state index in [9.17, 15) is 0 Å². The first kappa shape index (κ1) is 9.44. The van der Waals surface area contributed by atoms with E-state index in [-0.39, 0.29) is 0 Å². The van der Waals surface area contributed by atoms with Gasteiger partial charge in [0.25, 0.3) is 0 Å². The molecule has 0 aliphatic carbocycles. The summed E-state index contributed by atoms with van der Waals surface area (Å²) in [5.41, 5.74) is 1.35. The monoisotopic (exact) mass is 267 g/mol. The van der Waals surface area contributed by atoms with Crippen molar-refractivity contribution in [1.29, 1.82) is 5.26 Å². The zero-order valence-corrected chi connectivity index (χ0v) is 9.76. The number of hydrogen-bond acceptors (Lipinski definition) is 3. The minimum Gasteiger partial charge on any atom is -0.332 e. The van der Waals surface area contributed by atoms with Crippen LogP contribution in [0.4, 0.5) is 0 Å². The first-order chi connectivity index (χ1) is 6.72. The van der Waals surface area contributed by atoms with Crippen LogP contribution in [0, 0.1) is 11.3 Å². The summed E-state index contributed by atoms with van der Waals surface area (Å²) >= 11 is 4.98. The first-order valence-corrected chi connectivity index (χ1v) is 5.55. The van der Waals surface area contributed by atoms with Crippen LogP contribution in [0.3, 0.4) is 0 Å². The highest BCUT2D eigenvalue weighted by Gasteiger charge is 2.12. The van der Waals surface area contributed by atoms with Crippen LogP contribution in [-0.2, 0) is 7.05 Å². The molecule has 5 heteroatoms. The van der Waals surface area contributed by atoms with E-state index < -0.39 is 0 Å². The molecule has 0 unspecified atom stereocenters. The van der Waals surface area contributed by atoms with Gasteiger partial charge < -0.3 is 4.57 Å². The second kappa shape index (κ2) is 3.56. The third-order valence-electron chi connectivity index (χ3n) is 1.84. The van der Waals surface area contributed by atoms with Crippen molar-refractivity contribution < 1.29 is 0 Å². The van der Waals surface area contributed by atoms with Gasteiger partial charge in [-0.05, 0) is 22.0 Å². The number of thiophene rings is 1. The fraction of sp³-hybridized carbons (Fsp3) is 0.111. The fourth-order valence-electron chi connectivity index (χ4n) is 1.24. The molecular formula is C9H6BrN3S. The summed E-state index contributed by atoms with van der Waals surface area (Å²) in [6.45, 7) is 0. The Morgan fingerprint density at radius 2 is 2.43 bits per heavy atom. The van der Waals surface area contributed by atoms with Gasteiger partial charge in [0.15, 0.2) is 5.69 Å². The average Bonchev–Trinajstić information content (AvgIpc) is 2.71. The molecule has 0 N–H and O–H groups in total. The summed E-state index contributed by atoms with van der Waals surface area (Å²) in [6, 6.07) is 4.07. The van der Waals surface area contributed by atoms with E-state index in [0.29, 0.717) is 5.69 Å². The Kier molecular flexibility index (Phi) is 2.40. The quantitative estimate of drug-likeness (QED) is 0.798. The van der Waals surface area contributed by atoms with Crippen LogP contribution < -0.4 is 0 Å². The van der Waals surface area contributed by atoms with Crippen molar-refractivity contribution >= 4 is 27.3 Å². The van der Waals surface area contributed by atoms with E-state index in [2.05, 4.69) is 27.0 Å². The molecule has 0 aliphatic rings. The molecule has 0 atom stereocenters. The maximum atomic E-state index is 8.87. The smallest absolute Gasteiger partial charge is 0.167 e. The molecule has 0 radical (unpaired) electrons. The highest BCUT2D eigenvalue weighted by Crippen LogP contribution is 2.31. The van der Waals surface area contributed by atoms with Gasteiger partial charge in [0.1, 0.15) is 6.07 Å². The molecule has 14 heavy (non-hydrogen) atoms. The number of nitrogens with zero attached hydrogens (tertiary/aromatic N) is 3. The third kappa shape index (κ3) is 1.47. The van der Waals surface area contributed by atoms with Gasteiger partial charge in [-0.2, -0.15) is 5.26 Å². The van der Waals surface area contributed by atoms with Gasteiger partial charge in [0.05, 0.1) is 16.9 Å². The van der Waals surface area contributed by atoms with Crippen LogP contribution in [0.25, 0.3) is 10.6 Å². The number of hydrogen-bond donors (Lipinski definition) is 0. The number of nitriles is 1. The first-order valence-electron chi connectivity index (χ1n) is 3.88. The van der Waals surface area contributed by atoms with Crippen molar-refractivity contribution in [3.63, 3.8) is 0 Å². The van der Waals surface area contributed by atoms with Gasteiger partial charge >= 0.3 is 0 Å². The lowest BCUT2D eigenvalue weighted by Gasteiger charge is -1.97. The minimum absolute atomic E-state index is 0.474. The second-order valence-corrected chi connectivity index (χ2v) is 4.62. The summed E-state index contributed by atoms with van der Waals surface area (Å²) in [6.07, 6.45) is 1.65. The number of imidazole rings is 1. The highest BCUT2D eigenvalue weighted by molar-refractivity contribution is 9.10. The van der Waals surface area contributed by atoms with Crippen molar-refractivity contribution in [2.45, 2.75) is 0 Å². The molecule has 2 rings (SSSR count). The van der Waals surface area contributed by atoms with Crippen LogP contribution in [0.15, 0.2) is 22.2 Å². The van der Waals surface area contributed by atoms with Crippen molar-refractivity contribution in [2.75, 3.05) is 0 Å². The Balaban J connectivity index is 2.61. The Bertz CT molecular complexity index is 506. The SMILES string of the molecule is Cn1cnc(C#N)c1-c1cc(Br)cs1. The molecule has 0 spiro atoms. The van der Waals surface area contributed by atoms with Crippen LogP contribution in [0.5, 0.6) is 0 Å². The molecule has 3 nitrogen and oxygen atoms in total. The van der Waals surface area contributed by atoms with E-state index in [0.717, 1.165) is 15.0 Å². The topological polar surface area (TPSA) is 41.6 Å². The Morgan fingerprint density at radius 3 is 3.00 bits per heavy atom. The summed E-state index contributed by atoms with van der Waals surface area (Å²) in [4.78, 5) is 5.06. The maximum absolute atomic E-state index is 8.87. The van der Waals surface area contributed by atoms with Crippen LogP contribution in [0.2, 0.25) is 0 Å². The molecule has 2 aromatic heterocycles. The summed E-state index contributed by atoms with van der Waals surface area (Å²) in [7, 11) is 1.89. The number of aryl methyl sites for hydroxylation is 1. The predicted molar refractivity (Wildman–Crippen MR) is 58.9 cm³/mol. The predicted octanol–water partition coefficient (Wildman–Crippen LogP) is 2.78. The Labute approximate surface area is 93.8 Å². The second-order valence-electron chi connectivity index (χ2n) is 2.79. The Hall–Kier alpha value is -1.12. The molecular weight excluding hydrogens is 262 g/mol. The van der Waals surface area contributed by atoms with Gasteiger partial charge in [0.2, 0.25) is 0 Å². The summed E-state index contributed by atoms with van der Waals surface area (Å²) in [5.74, 6) is 0. The lowest BCUT2D eigenvalue weighted by Crippen LogP contribution is -1.88. The fourth-order valence-corrected chi connectivity index (χ4v) is 2.76. The molecule has 70 valence electrons. The molecule has 2 aromatic rings. The van der Waals surface area contributed by atoms with Gasteiger partial charge in [-0.15, -0.1) is 11.3 Å². The molecule has 0 bridgehead atoms. The number of rotatable bonds is 1. The van der Waals surface area contributed by atoms with Crippen LogP contribution in [0.1, 0.15) is 5.69 Å². The lowest BCUT2D eigenvalue weighted by atomic mass is 10.3. The average molecular weight is 268 g/mol. The van der Waals surface area contributed by atoms with Crippen LogP contribution in [-0.4, -0.2) is 9.55 Å². The van der Waals surface area contributed by atoms with E-state index in [4.69, 9.17) is 5.26 Å². The number of halogens is 1. The van der Waals surface area contributed by atoms with Crippen molar-refractivity contribution in [1.82, 2.24) is 9.55 Å². The van der Waals surface area contributed by atoms with E-state index in [1.807, 2.05) is 23.1 Å². The largest absolute Gasteiger partial charge is 0.332 e. The maximum Gasteiger partial charge on any atom is 0.167 e. The normalized spacial score (nSPS) is 10.1. The molecule has 0 saturated carbocycles. The van der Waals surface area contributed by atoms with Crippen molar-refractivity contribution in [3.8, 4) is 16.6 Å². The van der Waals surface area contributed by atoms with E-state index in [1.165, 1.54) is 0 Å². The molecule has 2 heterocycles. The van der Waals surface area contributed by atoms with Crippen molar-refractivity contribution in [2.24, 2.45) is 7.05 Å². The minimum atomic E-state index is 0.474. The molecule has 0 amide bonds. The zero-order chi connectivity index (χ0) is 10.1. The molecule has 0 saturated heterocycles. The zero-order valence-electron chi connectivity index (χ0n) is 7.36. The van der Waals surface area contributed by atoms with Crippen molar-refractivity contribution in [3.05, 3.63) is 27.9 Å². The van der Waals surface area contributed by atoms with Gasteiger partial charge in [-0.3, -0.25) is 0 Å². The van der Waals surface area contributed by atoms with Gasteiger partial charge in [-0.25, -0.2) is 4.98 Å². The van der Waals surface area contributed by atoms with Gasteiger partial charge in [-0.1, -0.05) is 0 Å².